The van der Waals surface area contributed by atoms with Gasteiger partial charge in [0.25, 0.3) is 5.91 Å². The Morgan fingerprint density at radius 2 is 1.96 bits per heavy atom. The topological polar surface area (TPSA) is 153 Å². The molecular formula is C28H29F3N10O4. The highest BCUT2D eigenvalue weighted by Crippen LogP contribution is 2.35. The Kier molecular flexibility index (Phi) is 7.62. The Labute approximate surface area is 254 Å². The minimum absolute atomic E-state index is 0.00917. The molecule has 4 amide bonds. The van der Waals surface area contributed by atoms with Gasteiger partial charge in [-0.2, -0.15) is 13.2 Å². The summed E-state index contributed by atoms with van der Waals surface area (Å²) in [4.78, 5) is 62.0. The molecule has 6 rings (SSSR count). The average Bonchev–Trinajstić information content (AvgIpc) is 3.78. The lowest BCUT2D eigenvalue weighted by Gasteiger charge is -2.42. The van der Waals surface area contributed by atoms with Crippen LogP contribution in [0.3, 0.4) is 0 Å². The summed E-state index contributed by atoms with van der Waals surface area (Å²) in [5.74, 6) is -0.297. The molecule has 2 saturated heterocycles. The van der Waals surface area contributed by atoms with Gasteiger partial charge < -0.3 is 24.5 Å². The van der Waals surface area contributed by atoms with E-state index in [1.165, 1.54) is 35.6 Å². The molecule has 1 N–H and O–H groups in total. The molecule has 0 spiro atoms. The van der Waals surface area contributed by atoms with E-state index in [1.54, 1.807) is 38.1 Å². The number of nitrogens with one attached hydrogen (secondary N) is 1. The minimum Gasteiger partial charge on any atom is -0.361 e. The maximum absolute atomic E-state index is 13.5. The molecule has 3 aromatic heterocycles. The van der Waals surface area contributed by atoms with Crippen molar-refractivity contribution in [2.75, 3.05) is 23.8 Å². The first-order valence-corrected chi connectivity index (χ1v) is 14.2. The fourth-order valence-corrected chi connectivity index (χ4v) is 5.70. The Hall–Kier alpha value is -5.09. The van der Waals surface area contributed by atoms with Gasteiger partial charge in [0.2, 0.25) is 11.9 Å². The molecule has 17 heteroatoms. The number of aliphatic imine (C=N–C) groups is 1. The van der Waals surface area contributed by atoms with Crippen molar-refractivity contribution >= 4 is 36.0 Å². The van der Waals surface area contributed by atoms with E-state index in [9.17, 15) is 27.6 Å². The highest BCUT2D eigenvalue weighted by atomic mass is 19.4. The summed E-state index contributed by atoms with van der Waals surface area (Å²) in [7, 11) is 1.53. The third-order valence-electron chi connectivity index (χ3n) is 8.05. The number of alkyl halides is 3. The molecule has 6 heterocycles. The van der Waals surface area contributed by atoms with Gasteiger partial charge in [0.15, 0.2) is 12.2 Å². The number of nitrogens with zero attached hydrogens (tertiary/aromatic N) is 9. The molecule has 14 nitrogen and oxygen atoms in total. The number of imide groups is 1. The van der Waals surface area contributed by atoms with Crippen LogP contribution in [0, 0.1) is 6.92 Å². The van der Waals surface area contributed by atoms with Crippen LogP contribution < -0.4 is 10.2 Å². The number of carbonyl (C=O) groups excluding carboxylic acids is 3. The molecule has 4 atom stereocenters. The summed E-state index contributed by atoms with van der Waals surface area (Å²) in [5.41, 5.74) is 1.25. The number of hydrogen-bond donors (Lipinski definition) is 1. The summed E-state index contributed by atoms with van der Waals surface area (Å²) in [5, 5.41) is 6.61. The number of anilines is 2. The number of aryl methyl sites for hydroxylation is 1. The van der Waals surface area contributed by atoms with Crippen LogP contribution in [0.15, 0.2) is 46.2 Å². The van der Waals surface area contributed by atoms with Crippen molar-refractivity contribution in [2.24, 2.45) is 4.99 Å². The smallest absolute Gasteiger partial charge is 0.361 e. The van der Waals surface area contributed by atoms with Gasteiger partial charge in [0, 0.05) is 37.6 Å². The molecule has 3 aliphatic heterocycles. The number of hydrogen-bond acceptors (Lipinski definition) is 11. The fourth-order valence-electron chi connectivity index (χ4n) is 5.70. The van der Waals surface area contributed by atoms with E-state index in [0.29, 0.717) is 29.1 Å². The Morgan fingerprint density at radius 3 is 2.64 bits per heavy atom. The minimum atomic E-state index is -4.38. The van der Waals surface area contributed by atoms with Crippen molar-refractivity contribution in [3.05, 3.63) is 48.1 Å². The molecule has 45 heavy (non-hydrogen) atoms. The van der Waals surface area contributed by atoms with Crippen molar-refractivity contribution < 1.29 is 32.1 Å². The molecule has 0 aliphatic carbocycles. The molecule has 3 aromatic rings. The predicted octanol–water partition coefficient (Wildman–Crippen LogP) is 2.83. The first kappa shape index (κ1) is 30.0. The highest BCUT2D eigenvalue weighted by molar-refractivity contribution is 6.03. The van der Waals surface area contributed by atoms with Gasteiger partial charge in [-0.15, -0.1) is 0 Å². The van der Waals surface area contributed by atoms with Crippen LogP contribution in [0.4, 0.5) is 29.7 Å². The summed E-state index contributed by atoms with van der Waals surface area (Å²) < 4.78 is 45.2. The molecule has 236 valence electrons. The molecule has 2 unspecified atom stereocenters. The van der Waals surface area contributed by atoms with E-state index in [2.05, 4.69) is 30.4 Å². The van der Waals surface area contributed by atoms with E-state index in [4.69, 9.17) is 4.52 Å². The number of rotatable bonds is 7. The van der Waals surface area contributed by atoms with E-state index in [1.807, 2.05) is 0 Å². The summed E-state index contributed by atoms with van der Waals surface area (Å²) in [6, 6.07) is 2.51. The molecular weight excluding hydrogens is 597 g/mol. The van der Waals surface area contributed by atoms with Crippen LogP contribution in [-0.4, -0.2) is 103 Å². The lowest BCUT2D eigenvalue weighted by molar-refractivity contribution is -0.146. The van der Waals surface area contributed by atoms with Crippen molar-refractivity contribution in [1.82, 2.24) is 34.8 Å². The SMILES string of the molecule is Cc1cc(CN2C(=O)C3C(N=CN3[C@@H](C)C(=O)Nc3cccc(-c4cnc(N5CCC[C@H]5C(F)(F)F)nc4)n3)N(C)C2=O)no1. The van der Waals surface area contributed by atoms with Crippen molar-refractivity contribution in [1.29, 1.82) is 0 Å². The number of fused-ring (bicyclic) bond motifs is 1. The van der Waals surface area contributed by atoms with Gasteiger partial charge in [0.1, 0.15) is 29.4 Å². The standard InChI is InChI=1S/C28H29F3N10O4/c1-15-10-18(37-45-15)13-40-25(43)22-23(38(3)27(40)44)34-14-41(22)16(2)24(42)36-21-8-4-6-19(35-21)17-11-32-26(33-12-17)39-9-5-7-20(39)28(29,30)31/h4,6,8,10-12,14,16,20,22-23H,5,7,9,13H2,1-3H3,(H,35,36,42)/t16-,20-,22?,23?/m0/s1. The number of halogens is 3. The van der Waals surface area contributed by atoms with Gasteiger partial charge in [-0.3, -0.25) is 14.5 Å². The molecule has 0 aromatic carbocycles. The maximum atomic E-state index is 13.5. The third kappa shape index (κ3) is 5.64. The number of amides is 4. The van der Waals surface area contributed by atoms with E-state index in [-0.39, 0.29) is 31.3 Å². The Bertz CT molecular complexity index is 1650. The van der Waals surface area contributed by atoms with Crippen molar-refractivity contribution in [2.45, 2.75) is 63.7 Å². The maximum Gasteiger partial charge on any atom is 0.408 e. The van der Waals surface area contributed by atoms with Gasteiger partial charge in [-0.1, -0.05) is 11.2 Å². The highest BCUT2D eigenvalue weighted by Gasteiger charge is 2.51. The van der Waals surface area contributed by atoms with Gasteiger partial charge >= 0.3 is 12.2 Å². The number of likely N-dealkylation sites (N-methyl/N-ethyl adjacent to an activating group) is 1. The Balaban J connectivity index is 1.14. The largest absolute Gasteiger partial charge is 0.408 e. The molecule has 2 fully saturated rings. The number of aromatic nitrogens is 4. The van der Waals surface area contributed by atoms with Crippen molar-refractivity contribution in [3.8, 4) is 11.3 Å². The number of pyridine rings is 1. The zero-order chi connectivity index (χ0) is 32.0. The monoisotopic (exact) mass is 626 g/mol. The summed E-state index contributed by atoms with van der Waals surface area (Å²) in [6.45, 7) is 3.41. The van der Waals surface area contributed by atoms with Crippen LogP contribution in [-0.2, 0) is 16.1 Å². The predicted molar refractivity (Wildman–Crippen MR) is 153 cm³/mol. The number of carbonyl (C=O) groups is 3. The van der Waals surface area contributed by atoms with Gasteiger partial charge in [0.05, 0.1) is 18.6 Å². The summed E-state index contributed by atoms with van der Waals surface area (Å²) >= 11 is 0. The average molecular weight is 627 g/mol. The molecule has 0 bridgehead atoms. The molecule has 3 aliphatic rings. The second kappa shape index (κ2) is 11.4. The van der Waals surface area contributed by atoms with E-state index < -0.39 is 48.3 Å². The first-order chi connectivity index (χ1) is 21.4. The van der Waals surface area contributed by atoms with Crippen LogP contribution in [0.1, 0.15) is 31.2 Å². The zero-order valence-electron chi connectivity index (χ0n) is 24.5. The quantitative estimate of drug-likeness (QED) is 0.414. The second-order valence-corrected chi connectivity index (χ2v) is 11.1. The second-order valence-electron chi connectivity index (χ2n) is 11.1. The van der Waals surface area contributed by atoms with Crippen LogP contribution in [0.5, 0.6) is 0 Å². The first-order valence-electron chi connectivity index (χ1n) is 14.2. The van der Waals surface area contributed by atoms with Gasteiger partial charge in [-0.25, -0.2) is 24.7 Å². The lowest BCUT2D eigenvalue weighted by atomic mass is 10.1. The molecule has 0 saturated carbocycles. The van der Waals surface area contributed by atoms with Crippen LogP contribution >= 0.6 is 0 Å². The zero-order valence-corrected chi connectivity index (χ0v) is 24.5. The lowest BCUT2D eigenvalue weighted by Crippen LogP contribution is -2.66. The Morgan fingerprint density at radius 1 is 1.20 bits per heavy atom. The fraction of sp³-hybridized carbons (Fsp3) is 0.429. The normalized spacial score (nSPS) is 22.3. The van der Waals surface area contributed by atoms with Gasteiger partial charge in [-0.05, 0) is 38.8 Å². The number of urea groups is 1. The third-order valence-corrected chi connectivity index (χ3v) is 8.05. The van der Waals surface area contributed by atoms with Crippen LogP contribution in [0.25, 0.3) is 11.3 Å². The van der Waals surface area contributed by atoms with E-state index >= 15 is 0 Å². The summed E-state index contributed by atoms with van der Waals surface area (Å²) in [6.07, 6.45) is -0.631. The van der Waals surface area contributed by atoms with Crippen LogP contribution in [0.2, 0.25) is 0 Å². The molecule has 0 radical (unpaired) electrons. The van der Waals surface area contributed by atoms with E-state index in [0.717, 1.165) is 9.80 Å². The van der Waals surface area contributed by atoms with Crippen molar-refractivity contribution in [3.63, 3.8) is 0 Å².